The highest BCUT2D eigenvalue weighted by Crippen LogP contribution is 2.10. The number of halogens is 2. The van der Waals surface area contributed by atoms with Gasteiger partial charge in [-0.25, -0.2) is 8.78 Å². The Labute approximate surface area is 103 Å². The van der Waals surface area contributed by atoms with E-state index in [2.05, 4.69) is 12.0 Å². The summed E-state index contributed by atoms with van der Waals surface area (Å²) < 4.78 is 31.3. The third-order valence-electron chi connectivity index (χ3n) is 2.51. The number of carbonyl (C=O) groups is 1. The van der Waals surface area contributed by atoms with E-state index in [9.17, 15) is 13.6 Å². The summed E-state index contributed by atoms with van der Waals surface area (Å²) in [7, 11) is 0. The maximum atomic E-state index is 13.3. The molecular formula is C13H11F2NO2. The summed E-state index contributed by atoms with van der Waals surface area (Å²) in [4.78, 5) is 13.3. The zero-order valence-corrected chi connectivity index (χ0v) is 9.58. The Balaban J connectivity index is 2.11. The largest absolute Gasteiger partial charge is 0.378 e. The second-order valence-electron chi connectivity index (χ2n) is 3.79. The molecule has 0 atom stereocenters. The highest BCUT2D eigenvalue weighted by molar-refractivity contribution is 6.09. The van der Waals surface area contributed by atoms with Crippen LogP contribution in [0.3, 0.4) is 0 Å². The highest BCUT2D eigenvalue weighted by Gasteiger charge is 2.11. The Morgan fingerprint density at radius 1 is 1.28 bits per heavy atom. The van der Waals surface area contributed by atoms with E-state index in [0.29, 0.717) is 26.3 Å². The molecule has 1 fully saturated rings. The SMILES string of the molecule is O=C(C#CN1CCOCC1)c1cc(F)ccc1F. The molecule has 0 unspecified atom stereocenters. The molecule has 0 spiro atoms. The van der Waals surface area contributed by atoms with Crippen LogP contribution in [0, 0.1) is 23.6 Å². The van der Waals surface area contributed by atoms with Gasteiger partial charge in [-0.2, -0.15) is 0 Å². The molecule has 0 amide bonds. The fourth-order valence-electron chi connectivity index (χ4n) is 1.54. The van der Waals surface area contributed by atoms with E-state index < -0.39 is 17.4 Å². The summed E-state index contributed by atoms with van der Waals surface area (Å²) in [6.45, 7) is 2.31. The number of morpholine rings is 1. The lowest BCUT2D eigenvalue weighted by atomic mass is 10.1. The smallest absolute Gasteiger partial charge is 0.240 e. The highest BCUT2D eigenvalue weighted by atomic mass is 19.1. The van der Waals surface area contributed by atoms with Crippen LogP contribution < -0.4 is 0 Å². The molecule has 1 aromatic rings. The van der Waals surface area contributed by atoms with Gasteiger partial charge in [0, 0.05) is 25.1 Å². The second kappa shape index (κ2) is 5.61. The zero-order chi connectivity index (χ0) is 13.0. The average Bonchev–Trinajstić information content (AvgIpc) is 2.40. The average molecular weight is 251 g/mol. The van der Waals surface area contributed by atoms with E-state index in [1.165, 1.54) is 0 Å². The predicted octanol–water partition coefficient (Wildman–Crippen LogP) is 1.44. The first kappa shape index (κ1) is 12.5. The first-order valence-corrected chi connectivity index (χ1v) is 5.50. The minimum atomic E-state index is -0.766. The molecule has 0 N–H and O–H groups in total. The normalized spacial score (nSPS) is 14.9. The van der Waals surface area contributed by atoms with Gasteiger partial charge >= 0.3 is 0 Å². The van der Waals surface area contributed by atoms with Crippen LogP contribution in [0.25, 0.3) is 0 Å². The standard InChI is InChI=1S/C13H11F2NO2/c14-10-1-2-12(15)11(9-10)13(17)3-4-16-5-7-18-8-6-16/h1-2,9H,5-8H2. The summed E-state index contributed by atoms with van der Waals surface area (Å²) in [5.41, 5.74) is -0.337. The van der Waals surface area contributed by atoms with Crippen molar-refractivity contribution in [2.75, 3.05) is 26.3 Å². The van der Waals surface area contributed by atoms with Crippen LogP contribution in [0.4, 0.5) is 8.78 Å². The zero-order valence-electron chi connectivity index (χ0n) is 9.58. The summed E-state index contributed by atoms with van der Waals surface area (Å²) in [6, 6.07) is 5.36. The number of carbonyl (C=O) groups excluding carboxylic acids is 1. The number of hydrogen-bond acceptors (Lipinski definition) is 3. The summed E-state index contributed by atoms with van der Waals surface area (Å²) in [5, 5.41) is 0. The van der Waals surface area contributed by atoms with Crippen molar-refractivity contribution in [1.29, 1.82) is 0 Å². The lowest BCUT2D eigenvalue weighted by Gasteiger charge is -2.22. The Hall–Kier alpha value is -1.93. The van der Waals surface area contributed by atoms with E-state index in [1.807, 2.05) is 0 Å². The molecule has 18 heavy (non-hydrogen) atoms. The summed E-state index contributed by atoms with van der Waals surface area (Å²) >= 11 is 0. The molecule has 0 saturated carbocycles. The number of hydrogen-bond donors (Lipinski definition) is 0. The van der Waals surface area contributed by atoms with Crippen LogP contribution in [0.5, 0.6) is 0 Å². The van der Waals surface area contributed by atoms with E-state index in [-0.39, 0.29) is 5.56 Å². The first-order valence-electron chi connectivity index (χ1n) is 5.50. The molecule has 94 valence electrons. The molecule has 1 saturated heterocycles. The predicted molar refractivity (Wildman–Crippen MR) is 60.9 cm³/mol. The fraction of sp³-hybridized carbons (Fsp3) is 0.308. The summed E-state index contributed by atoms with van der Waals surface area (Å²) in [5.74, 6) is 0.162. The molecule has 0 bridgehead atoms. The monoisotopic (exact) mass is 251 g/mol. The lowest BCUT2D eigenvalue weighted by molar-refractivity contribution is 0.0637. The van der Waals surface area contributed by atoms with E-state index in [4.69, 9.17) is 4.74 Å². The number of benzene rings is 1. The van der Waals surface area contributed by atoms with Crippen molar-refractivity contribution in [3.05, 3.63) is 35.4 Å². The van der Waals surface area contributed by atoms with E-state index >= 15 is 0 Å². The van der Waals surface area contributed by atoms with Gasteiger partial charge in [-0.05, 0) is 18.2 Å². The van der Waals surface area contributed by atoms with Crippen LogP contribution in [0.15, 0.2) is 18.2 Å². The topological polar surface area (TPSA) is 29.5 Å². The molecule has 0 aliphatic carbocycles. The number of rotatable bonds is 1. The molecule has 1 aliphatic heterocycles. The van der Waals surface area contributed by atoms with Gasteiger partial charge in [0.15, 0.2) is 0 Å². The van der Waals surface area contributed by atoms with Gasteiger partial charge in [0.1, 0.15) is 11.6 Å². The van der Waals surface area contributed by atoms with Crippen LogP contribution in [-0.2, 0) is 4.74 Å². The van der Waals surface area contributed by atoms with Crippen molar-refractivity contribution >= 4 is 5.78 Å². The van der Waals surface area contributed by atoms with E-state index in [0.717, 1.165) is 18.2 Å². The number of nitrogens with zero attached hydrogens (tertiary/aromatic N) is 1. The van der Waals surface area contributed by atoms with Crippen molar-refractivity contribution in [1.82, 2.24) is 4.90 Å². The van der Waals surface area contributed by atoms with Crippen molar-refractivity contribution in [2.24, 2.45) is 0 Å². The molecule has 1 aliphatic rings. The van der Waals surface area contributed by atoms with Gasteiger partial charge in [0.05, 0.1) is 18.8 Å². The van der Waals surface area contributed by atoms with Crippen LogP contribution in [0.1, 0.15) is 10.4 Å². The molecule has 5 heteroatoms. The Morgan fingerprint density at radius 2 is 2.00 bits per heavy atom. The van der Waals surface area contributed by atoms with Crippen LogP contribution >= 0.6 is 0 Å². The van der Waals surface area contributed by atoms with Gasteiger partial charge < -0.3 is 9.64 Å². The van der Waals surface area contributed by atoms with Gasteiger partial charge in [-0.3, -0.25) is 4.79 Å². The molecule has 1 heterocycles. The van der Waals surface area contributed by atoms with Crippen LogP contribution in [0.2, 0.25) is 0 Å². The van der Waals surface area contributed by atoms with Gasteiger partial charge in [0.25, 0.3) is 0 Å². The van der Waals surface area contributed by atoms with Crippen molar-refractivity contribution < 1.29 is 18.3 Å². The minimum Gasteiger partial charge on any atom is -0.378 e. The lowest BCUT2D eigenvalue weighted by Crippen LogP contribution is -2.32. The fourth-order valence-corrected chi connectivity index (χ4v) is 1.54. The Kier molecular flexibility index (Phi) is 3.90. The van der Waals surface area contributed by atoms with Crippen molar-refractivity contribution in [2.45, 2.75) is 0 Å². The van der Waals surface area contributed by atoms with Crippen LogP contribution in [-0.4, -0.2) is 37.0 Å². The number of ether oxygens (including phenoxy) is 1. The van der Waals surface area contributed by atoms with Gasteiger partial charge in [-0.1, -0.05) is 0 Å². The van der Waals surface area contributed by atoms with Gasteiger partial charge in [0.2, 0.25) is 5.78 Å². The number of ketones is 1. The third kappa shape index (κ3) is 3.05. The van der Waals surface area contributed by atoms with Gasteiger partial charge in [-0.15, -0.1) is 0 Å². The molecule has 2 rings (SSSR count). The quantitative estimate of drug-likeness (QED) is 0.558. The minimum absolute atomic E-state index is 0.337. The maximum Gasteiger partial charge on any atom is 0.240 e. The molecular weight excluding hydrogens is 240 g/mol. The van der Waals surface area contributed by atoms with E-state index in [1.54, 1.807) is 4.90 Å². The maximum absolute atomic E-state index is 13.3. The molecule has 3 nitrogen and oxygen atoms in total. The van der Waals surface area contributed by atoms with Crippen molar-refractivity contribution in [3.63, 3.8) is 0 Å². The second-order valence-corrected chi connectivity index (χ2v) is 3.79. The molecule has 0 radical (unpaired) electrons. The molecule has 1 aromatic carbocycles. The van der Waals surface area contributed by atoms with Crippen molar-refractivity contribution in [3.8, 4) is 12.0 Å². The molecule has 0 aromatic heterocycles. The summed E-state index contributed by atoms with van der Waals surface area (Å²) in [6.07, 6.45) is 0. The third-order valence-corrected chi connectivity index (χ3v) is 2.51. The Bertz CT molecular complexity index is 513. The Morgan fingerprint density at radius 3 is 2.72 bits per heavy atom. The first-order chi connectivity index (χ1) is 8.66. The number of Topliss-reactive ketones (excluding diaryl/α,β-unsaturated/α-hetero) is 1.